The quantitative estimate of drug-likeness (QED) is 0.795. The zero-order chi connectivity index (χ0) is 12.7. The van der Waals surface area contributed by atoms with Gasteiger partial charge in [0.15, 0.2) is 0 Å². The Hall–Kier alpha value is -1.01. The molecule has 0 bridgehead atoms. The maximum Gasteiger partial charge on any atom is 0.224 e. The molecule has 1 heterocycles. The molecule has 1 aromatic heterocycles. The fourth-order valence-electron chi connectivity index (χ4n) is 1.47. The maximum atomic E-state index is 5.20. The van der Waals surface area contributed by atoms with E-state index in [2.05, 4.69) is 28.5 Å². The number of methoxy groups -OCH3 is 2. The van der Waals surface area contributed by atoms with Gasteiger partial charge in [-0.1, -0.05) is 0 Å². The van der Waals surface area contributed by atoms with Crippen molar-refractivity contribution in [2.45, 2.75) is 19.5 Å². The third-order valence-electron chi connectivity index (χ3n) is 2.30. The maximum absolute atomic E-state index is 5.20. The predicted octanol–water partition coefficient (Wildman–Crippen LogP) is 1.33. The van der Waals surface area contributed by atoms with Crippen LogP contribution in [0.25, 0.3) is 0 Å². The minimum atomic E-state index is 0.416. The van der Waals surface area contributed by atoms with Crippen molar-refractivity contribution in [3.8, 4) is 11.8 Å². The highest BCUT2D eigenvalue weighted by molar-refractivity contribution is 7.98. The molecule has 0 aromatic carbocycles. The highest BCUT2D eigenvalue weighted by Gasteiger charge is 2.13. The van der Waals surface area contributed by atoms with Crippen LogP contribution in [0.5, 0.6) is 11.8 Å². The Kier molecular flexibility index (Phi) is 6.07. The molecule has 1 unspecified atom stereocenters. The molecule has 1 N–H and O–H groups in total. The molecule has 0 aliphatic carbocycles. The van der Waals surface area contributed by atoms with E-state index in [0.717, 1.165) is 11.3 Å². The number of hydrogen-bond acceptors (Lipinski definition) is 6. The Labute approximate surface area is 106 Å². The van der Waals surface area contributed by atoms with Crippen LogP contribution in [0.4, 0.5) is 0 Å². The van der Waals surface area contributed by atoms with E-state index >= 15 is 0 Å². The Balaban J connectivity index is 2.74. The number of aromatic nitrogens is 2. The van der Waals surface area contributed by atoms with Gasteiger partial charge in [0, 0.05) is 18.3 Å². The zero-order valence-electron chi connectivity index (χ0n) is 10.7. The molecule has 1 aromatic rings. The van der Waals surface area contributed by atoms with Crippen molar-refractivity contribution in [3.05, 3.63) is 11.9 Å². The van der Waals surface area contributed by atoms with Crippen LogP contribution in [-0.4, -0.2) is 42.2 Å². The highest BCUT2D eigenvalue weighted by atomic mass is 32.2. The van der Waals surface area contributed by atoms with Crippen LogP contribution >= 0.6 is 11.8 Å². The van der Waals surface area contributed by atoms with E-state index in [1.807, 2.05) is 11.8 Å². The average molecular weight is 257 g/mol. The zero-order valence-corrected chi connectivity index (χ0v) is 11.5. The summed E-state index contributed by atoms with van der Waals surface area (Å²) in [5, 5.41) is 3.39. The first-order valence-corrected chi connectivity index (χ1v) is 6.76. The molecule has 0 aliphatic rings. The van der Waals surface area contributed by atoms with E-state index < -0.39 is 0 Å². The van der Waals surface area contributed by atoms with Gasteiger partial charge in [0.1, 0.15) is 6.33 Å². The first-order chi connectivity index (χ1) is 8.22. The standard InChI is InChI=1S/C11H19N3O2S/c1-8(6-17-4)12-5-9-10(15-2)13-7-14-11(9)16-3/h7-8,12H,5-6H2,1-4H3. The third kappa shape index (κ3) is 4.05. The summed E-state index contributed by atoms with van der Waals surface area (Å²) >= 11 is 1.81. The summed E-state index contributed by atoms with van der Waals surface area (Å²) in [6, 6.07) is 0.416. The molecule has 0 spiro atoms. The molecule has 0 fully saturated rings. The second kappa shape index (κ2) is 7.34. The van der Waals surface area contributed by atoms with Crippen molar-refractivity contribution >= 4 is 11.8 Å². The van der Waals surface area contributed by atoms with Gasteiger partial charge in [-0.3, -0.25) is 0 Å². The highest BCUT2D eigenvalue weighted by Crippen LogP contribution is 2.23. The number of hydrogen-bond donors (Lipinski definition) is 1. The molecule has 0 amide bonds. The van der Waals surface area contributed by atoms with Crippen molar-refractivity contribution in [1.29, 1.82) is 0 Å². The molecule has 0 radical (unpaired) electrons. The van der Waals surface area contributed by atoms with Crippen LogP contribution in [0.1, 0.15) is 12.5 Å². The number of nitrogens with one attached hydrogen (secondary N) is 1. The second-order valence-electron chi connectivity index (χ2n) is 3.61. The smallest absolute Gasteiger partial charge is 0.224 e. The van der Waals surface area contributed by atoms with E-state index in [9.17, 15) is 0 Å². The molecule has 0 saturated heterocycles. The molecule has 1 atom stereocenters. The number of ether oxygens (including phenoxy) is 2. The average Bonchev–Trinajstić information content (AvgIpc) is 2.36. The summed E-state index contributed by atoms with van der Waals surface area (Å²) in [6.45, 7) is 2.77. The summed E-state index contributed by atoms with van der Waals surface area (Å²) < 4.78 is 10.4. The van der Waals surface area contributed by atoms with Gasteiger partial charge < -0.3 is 14.8 Å². The Bertz CT molecular complexity index is 327. The molecule has 96 valence electrons. The molecule has 1 rings (SSSR count). The van der Waals surface area contributed by atoms with Crippen LogP contribution in [0.15, 0.2) is 6.33 Å². The molecular weight excluding hydrogens is 238 g/mol. The van der Waals surface area contributed by atoms with Crippen molar-refractivity contribution in [1.82, 2.24) is 15.3 Å². The predicted molar refractivity (Wildman–Crippen MR) is 69.8 cm³/mol. The first-order valence-electron chi connectivity index (χ1n) is 5.37. The minimum absolute atomic E-state index is 0.416. The largest absolute Gasteiger partial charge is 0.481 e. The van der Waals surface area contributed by atoms with Crippen molar-refractivity contribution < 1.29 is 9.47 Å². The van der Waals surface area contributed by atoms with Crippen LogP contribution in [-0.2, 0) is 6.54 Å². The third-order valence-corrected chi connectivity index (χ3v) is 3.13. The van der Waals surface area contributed by atoms with Crippen molar-refractivity contribution in [2.75, 3.05) is 26.2 Å². The van der Waals surface area contributed by atoms with Gasteiger partial charge in [-0.25, -0.2) is 9.97 Å². The van der Waals surface area contributed by atoms with Crippen LogP contribution < -0.4 is 14.8 Å². The van der Waals surface area contributed by atoms with Crippen LogP contribution in [0.3, 0.4) is 0 Å². The van der Waals surface area contributed by atoms with Gasteiger partial charge in [-0.05, 0) is 13.2 Å². The molecule has 5 nitrogen and oxygen atoms in total. The molecule has 6 heteroatoms. The molecule has 0 saturated carbocycles. The van der Waals surface area contributed by atoms with Gasteiger partial charge in [0.2, 0.25) is 11.8 Å². The lowest BCUT2D eigenvalue weighted by molar-refractivity contribution is 0.358. The second-order valence-corrected chi connectivity index (χ2v) is 4.52. The summed E-state index contributed by atoms with van der Waals surface area (Å²) in [4.78, 5) is 8.14. The van der Waals surface area contributed by atoms with E-state index in [-0.39, 0.29) is 0 Å². The number of thioether (sulfide) groups is 1. The van der Waals surface area contributed by atoms with Crippen molar-refractivity contribution in [3.63, 3.8) is 0 Å². The first kappa shape index (κ1) is 14.1. The van der Waals surface area contributed by atoms with Gasteiger partial charge in [0.25, 0.3) is 0 Å². The Morgan fingerprint density at radius 1 is 1.29 bits per heavy atom. The normalized spacial score (nSPS) is 12.2. The summed E-state index contributed by atoms with van der Waals surface area (Å²) in [7, 11) is 3.19. The molecular formula is C11H19N3O2S. The van der Waals surface area contributed by atoms with E-state index in [1.165, 1.54) is 6.33 Å². The lowest BCUT2D eigenvalue weighted by atomic mass is 10.2. The molecule has 0 aliphatic heterocycles. The van der Waals surface area contributed by atoms with E-state index in [4.69, 9.17) is 9.47 Å². The summed E-state index contributed by atoms with van der Waals surface area (Å²) in [5.41, 5.74) is 0.852. The van der Waals surface area contributed by atoms with Gasteiger partial charge >= 0.3 is 0 Å². The lowest BCUT2D eigenvalue weighted by Crippen LogP contribution is -2.28. The molecule has 17 heavy (non-hydrogen) atoms. The van der Waals surface area contributed by atoms with Gasteiger partial charge in [-0.15, -0.1) is 0 Å². The fourth-order valence-corrected chi connectivity index (χ4v) is 2.09. The summed E-state index contributed by atoms with van der Waals surface area (Å²) in [6.07, 6.45) is 3.53. The number of rotatable bonds is 7. The lowest BCUT2D eigenvalue weighted by Gasteiger charge is -2.15. The minimum Gasteiger partial charge on any atom is -0.481 e. The monoisotopic (exact) mass is 257 g/mol. The summed E-state index contributed by atoms with van der Waals surface area (Å²) in [5.74, 6) is 2.17. The topological polar surface area (TPSA) is 56.3 Å². The van der Waals surface area contributed by atoms with Crippen molar-refractivity contribution in [2.24, 2.45) is 0 Å². The number of nitrogens with zero attached hydrogens (tertiary/aromatic N) is 2. The fraction of sp³-hybridized carbons (Fsp3) is 0.636. The SMILES string of the molecule is COc1ncnc(OC)c1CNC(C)CSC. The Morgan fingerprint density at radius 3 is 2.35 bits per heavy atom. The van der Waals surface area contributed by atoms with Gasteiger partial charge in [-0.2, -0.15) is 11.8 Å². The van der Waals surface area contributed by atoms with Crippen LogP contribution in [0, 0.1) is 0 Å². The van der Waals surface area contributed by atoms with Crippen LogP contribution in [0.2, 0.25) is 0 Å². The van der Waals surface area contributed by atoms with Gasteiger partial charge in [0.05, 0.1) is 19.8 Å². The van der Waals surface area contributed by atoms with E-state index in [1.54, 1.807) is 14.2 Å². The Morgan fingerprint density at radius 2 is 1.88 bits per heavy atom. The van der Waals surface area contributed by atoms with E-state index in [0.29, 0.717) is 24.3 Å².